The van der Waals surface area contributed by atoms with Crippen molar-refractivity contribution in [3.05, 3.63) is 70.4 Å². The molecule has 0 atom stereocenters. The maximum atomic E-state index is 12.6. The summed E-state index contributed by atoms with van der Waals surface area (Å²) in [7, 11) is 0. The molecule has 0 saturated carbocycles. The van der Waals surface area contributed by atoms with Crippen LogP contribution < -0.4 is 16.0 Å². The van der Waals surface area contributed by atoms with E-state index < -0.39 is 0 Å². The highest BCUT2D eigenvalue weighted by Crippen LogP contribution is 2.31. The van der Waals surface area contributed by atoms with Gasteiger partial charge in [-0.15, -0.1) is 23.1 Å². The van der Waals surface area contributed by atoms with Crippen molar-refractivity contribution < 1.29 is 14.4 Å². The highest BCUT2D eigenvalue weighted by atomic mass is 32.2. The van der Waals surface area contributed by atoms with E-state index in [9.17, 15) is 14.4 Å². The summed E-state index contributed by atoms with van der Waals surface area (Å²) in [4.78, 5) is 38.0. The molecule has 2 aromatic carbocycles. The van der Waals surface area contributed by atoms with Crippen LogP contribution in [-0.2, 0) is 4.79 Å². The van der Waals surface area contributed by atoms with E-state index in [0.717, 1.165) is 10.6 Å². The predicted molar refractivity (Wildman–Crippen MR) is 117 cm³/mol. The second-order valence-corrected chi connectivity index (χ2v) is 8.40. The molecule has 8 heteroatoms. The van der Waals surface area contributed by atoms with Gasteiger partial charge in [0.15, 0.2) is 0 Å². The maximum Gasteiger partial charge on any atom is 0.265 e. The van der Waals surface area contributed by atoms with Gasteiger partial charge in [0.05, 0.1) is 10.6 Å². The van der Waals surface area contributed by atoms with E-state index in [1.807, 2.05) is 17.5 Å². The van der Waals surface area contributed by atoms with E-state index in [-0.39, 0.29) is 17.7 Å². The zero-order chi connectivity index (χ0) is 20.2. The third-order valence-corrected chi connectivity index (χ3v) is 6.19. The second kappa shape index (κ2) is 8.50. The Balaban J connectivity index is 1.42. The number of thiophene rings is 1. The Hall–Kier alpha value is -3.10. The van der Waals surface area contributed by atoms with Gasteiger partial charge in [0.2, 0.25) is 5.91 Å². The summed E-state index contributed by atoms with van der Waals surface area (Å²) in [5.74, 6) is 0.238. The Morgan fingerprint density at radius 1 is 0.931 bits per heavy atom. The molecule has 0 unspecified atom stereocenters. The van der Waals surface area contributed by atoms with Gasteiger partial charge in [-0.3, -0.25) is 14.4 Å². The maximum absolute atomic E-state index is 12.6. The molecule has 6 nitrogen and oxygen atoms in total. The van der Waals surface area contributed by atoms with Gasteiger partial charge in [0.25, 0.3) is 11.8 Å². The summed E-state index contributed by atoms with van der Waals surface area (Å²) in [5.41, 5.74) is 2.38. The lowest BCUT2D eigenvalue weighted by atomic mass is 10.1. The van der Waals surface area contributed by atoms with Crippen molar-refractivity contribution >= 4 is 57.9 Å². The molecule has 3 N–H and O–H groups in total. The van der Waals surface area contributed by atoms with E-state index in [1.54, 1.807) is 54.2 Å². The van der Waals surface area contributed by atoms with Crippen LogP contribution in [0.1, 0.15) is 26.5 Å². The molecule has 1 aromatic heterocycles. The van der Waals surface area contributed by atoms with Crippen LogP contribution in [0.3, 0.4) is 0 Å². The number of fused-ring (bicyclic) bond motifs is 1. The summed E-state index contributed by atoms with van der Waals surface area (Å²) in [6, 6.07) is 15.8. The molecular formula is C21H17N3O3S2. The molecule has 0 radical (unpaired) electrons. The minimum atomic E-state index is -0.272. The molecule has 0 bridgehead atoms. The second-order valence-electron chi connectivity index (χ2n) is 6.32. The number of nitrogens with one attached hydrogen (secondary N) is 3. The van der Waals surface area contributed by atoms with Crippen LogP contribution in [0.2, 0.25) is 0 Å². The number of anilines is 3. The lowest BCUT2D eigenvalue weighted by Crippen LogP contribution is -2.14. The van der Waals surface area contributed by atoms with Crippen molar-refractivity contribution in [1.29, 1.82) is 0 Å². The third kappa shape index (κ3) is 4.67. The molecule has 0 aliphatic carbocycles. The molecular weight excluding hydrogens is 406 g/mol. The van der Waals surface area contributed by atoms with Crippen molar-refractivity contribution in [3.8, 4) is 0 Å². The van der Waals surface area contributed by atoms with Gasteiger partial charge in [0.1, 0.15) is 0 Å². The van der Waals surface area contributed by atoms with Crippen LogP contribution in [0, 0.1) is 0 Å². The van der Waals surface area contributed by atoms with Crippen LogP contribution >= 0.6 is 23.1 Å². The van der Waals surface area contributed by atoms with E-state index in [4.69, 9.17) is 0 Å². The van der Waals surface area contributed by atoms with Gasteiger partial charge >= 0.3 is 0 Å². The van der Waals surface area contributed by atoms with Crippen molar-refractivity contribution in [2.24, 2.45) is 0 Å². The lowest BCUT2D eigenvalue weighted by Gasteiger charge is -2.10. The zero-order valence-corrected chi connectivity index (χ0v) is 16.9. The van der Waals surface area contributed by atoms with Gasteiger partial charge in [-0.2, -0.15) is 0 Å². The van der Waals surface area contributed by atoms with E-state index in [1.165, 1.54) is 11.3 Å². The number of hydrogen-bond donors (Lipinski definition) is 3. The minimum Gasteiger partial charge on any atom is -0.325 e. The van der Waals surface area contributed by atoms with E-state index >= 15 is 0 Å². The Morgan fingerprint density at radius 2 is 1.66 bits per heavy atom. The molecule has 3 aromatic rings. The summed E-state index contributed by atoms with van der Waals surface area (Å²) in [6.07, 6.45) is 0.455. The van der Waals surface area contributed by atoms with Crippen molar-refractivity contribution in [2.45, 2.75) is 11.3 Å². The number of amides is 3. The van der Waals surface area contributed by atoms with Gasteiger partial charge < -0.3 is 16.0 Å². The summed E-state index contributed by atoms with van der Waals surface area (Å²) < 4.78 is 0. The van der Waals surface area contributed by atoms with Gasteiger partial charge in [-0.1, -0.05) is 6.07 Å². The molecule has 0 fully saturated rings. The third-order valence-electron chi connectivity index (χ3n) is 4.25. The average Bonchev–Trinajstić information content (AvgIpc) is 3.19. The van der Waals surface area contributed by atoms with Gasteiger partial charge in [-0.05, 0) is 53.9 Å². The Kier molecular flexibility index (Phi) is 5.64. The van der Waals surface area contributed by atoms with Crippen LogP contribution in [0.5, 0.6) is 0 Å². The minimum absolute atomic E-state index is 0.0472. The number of thioether (sulfide) groups is 1. The van der Waals surface area contributed by atoms with Crippen LogP contribution in [-0.4, -0.2) is 23.5 Å². The van der Waals surface area contributed by atoms with Gasteiger partial charge in [0, 0.05) is 34.0 Å². The first-order valence-corrected chi connectivity index (χ1v) is 10.8. The largest absolute Gasteiger partial charge is 0.325 e. The monoisotopic (exact) mass is 423 g/mol. The average molecular weight is 424 g/mol. The van der Waals surface area contributed by atoms with Crippen molar-refractivity contribution in [2.75, 3.05) is 21.7 Å². The molecule has 2 heterocycles. The molecule has 0 spiro atoms. The Morgan fingerprint density at radius 3 is 2.34 bits per heavy atom. The van der Waals surface area contributed by atoms with Gasteiger partial charge in [-0.25, -0.2) is 0 Å². The molecule has 1 aliphatic heterocycles. The quantitative estimate of drug-likeness (QED) is 0.568. The smallest absolute Gasteiger partial charge is 0.265 e. The Bertz CT molecular complexity index is 1060. The predicted octanol–water partition coefficient (Wildman–Crippen LogP) is 4.69. The summed E-state index contributed by atoms with van der Waals surface area (Å²) >= 11 is 2.97. The molecule has 29 heavy (non-hydrogen) atoms. The molecule has 146 valence electrons. The number of benzene rings is 2. The SMILES string of the molecule is O=C1CCSc2ccc(C(=O)Nc3ccc(NC(=O)c4cccs4)cc3)cc2N1. The first kappa shape index (κ1) is 19.2. The van der Waals surface area contributed by atoms with E-state index in [0.29, 0.717) is 33.9 Å². The van der Waals surface area contributed by atoms with Crippen LogP contribution in [0.25, 0.3) is 0 Å². The number of carbonyl (C=O) groups is 3. The zero-order valence-electron chi connectivity index (χ0n) is 15.2. The number of rotatable bonds is 4. The van der Waals surface area contributed by atoms with Crippen molar-refractivity contribution in [1.82, 2.24) is 0 Å². The first-order valence-electron chi connectivity index (χ1n) is 8.91. The fraction of sp³-hybridized carbons (Fsp3) is 0.0952. The molecule has 1 aliphatic rings. The molecule has 4 rings (SSSR count). The molecule has 0 saturated heterocycles. The standard InChI is InChI=1S/C21H17N3O3S2/c25-19-9-11-29-17-8-3-13(12-16(17)24-19)20(26)22-14-4-6-15(7-5-14)23-21(27)18-2-1-10-28-18/h1-8,10,12H,9,11H2,(H,22,26)(H,23,27)(H,24,25). The summed E-state index contributed by atoms with van der Waals surface area (Å²) in [6.45, 7) is 0. The van der Waals surface area contributed by atoms with Crippen LogP contribution in [0.15, 0.2) is 64.9 Å². The normalized spacial score (nSPS) is 13.0. The fourth-order valence-electron chi connectivity index (χ4n) is 2.80. The molecule has 3 amide bonds. The lowest BCUT2D eigenvalue weighted by molar-refractivity contribution is -0.115. The number of carbonyl (C=O) groups excluding carboxylic acids is 3. The topological polar surface area (TPSA) is 87.3 Å². The number of hydrogen-bond acceptors (Lipinski definition) is 5. The van der Waals surface area contributed by atoms with Crippen molar-refractivity contribution in [3.63, 3.8) is 0 Å². The summed E-state index contributed by atoms with van der Waals surface area (Å²) in [5, 5.41) is 10.3. The highest BCUT2D eigenvalue weighted by Gasteiger charge is 2.16. The Labute approximate surface area is 175 Å². The highest BCUT2D eigenvalue weighted by molar-refractivity contribution is 7.99. The van der Waals surface area contributed by atoms with E-state index in [2.05, 4.69) is 16.0 Å². The fourth-order valence-corrected chi connectivity index (χ4v) is 4.36. The first-order chi connectivity index (χ1) is 14.1. The van der Waals surface area contributed by atoms with Crippen LogP contribution in [0.4, 0.5) is 17.1 Å².